The van der Waals surface area contributed by atoms with Crippen LogP contribution in [0.25, 0.3) is 0 Å². The van der Waals surface area contributed by atoms with Crippen molar-refractivity contribution in [3.05, 3.63) is 0 Å². The maximum absolute atomic E-state index is 13.1. The fraction of sp³-hybridized carbons (Fsp3) is 0.947. The van der Waals surface area contributed by atoms with Crippen LogP contribution >= 0.6 is 15.6 Å². The van der Waals surface area contributed by atoms with Gasteiger partial charge in [-0.15, -0.1) is 0 Å². The average molecular weight is 1400 g/mol. The molecule has 0 rings (SSSR count). The molecule has 0 aromatic rings. The molecule has 19 heteroatoms. The fourth-order valence-corrected chi connectivity index (χ4v) is 13.3. The van der Waals surface area contributed by atoms with E-state index in [1.165, 1.54) is 231 Å². The summed E-state index contributed by atoms with van der Waals surface area (Å²) in [7, 11) is -9.90. The molecular weight excluding hydrogens is 1250 g/mol. The fourth-order valence-electron chi connectivity index (χ4n) is 11.8. The first-order valence-corrected chi connectivity index (χ1v) is 42.8. The van der Waals surface area contributed by atoms with E-state index >= 15 is 0 Å². The number of carbonyl (C=O) groups is 4. The predicted octanol–water partition coefficient (Wildman–Crippen LogP) is 22.6. The van der Waals surface area contributed by atoms with Crippen molar-refractivity contribution in [3.8, 4) is 0 Å². The number of esters is 4. The molecule has 0 radical (unpaired) electrons. The van der Waals surface area contributed by atoms with Crippen molar-refractivity contribution in [2.75, 3.05) is 39.6 Å². The van der Waals surface area contributed by atoms with Gasteiger partial charge in [-0.25, -0.2) is 9.13 Å². The highest BCUT2D eigenvalue weighted by molar-refractivity contribution is 7.47. The van der Waals surface area contributed by atoms with E-state index in [9.17, 15) is 43.2 Å². The molecule has 0 aliphatic heterocycles. The number of hydrogen-bond donors (Lipinski definition) is 3. The third-order valence-electron chi connectivity index (χ3n) is 17.9. The van der Waals surface area contributed by atoms with Crippen LogP contribution in [0.1, 0.15) is 407 Å². The van der Waals surface area contributed by atoms with E-state index in [0.717, 1.165) is 96.3 Å². The Balaban J connectivity index is 5.13. The number of hydrogen-bond acceptors (Lipinski definition) is 15. The predicted molar refractivity (Wildman–Crippen MR) is 386 cm³/mol. The van der Waals surface area contributed by atoms with Gasteiger partial charge in [-0.3, -0.25) is 37.3 Å². The van der Waals surface area contributed by atoms with Gasteiger partial charge in [0.25, 0.3) is 0 Å². The van der Waals surface area contributed by atoms with Crippen molar-refractivity contribution in [1.82, 2.24) is 0 Å². The quantitative estimate of drug-likeness (QED) is 0.0222. The standard InChI is InChI=1S/C76H148O17P2/c1-5-9-13-17-20-23-26-29-32-34-35-36-39-42-45-48-51-55-59-63-76(81)93-72(67-87-74(79)61-57-53-49-46-43-40-38-33-30-27-24-21-18-14-10-6-2)69-91-95(84,85)89-65-70(77)64-88-94(82,83)90-68-71(66-86-73(78)60-56-52-16-12-8-4)92-75(80)62-58-54-50-47-44-41-37-31-28-25-22-19-15-11-7-3/h70-72,77H,5-69H2,1-4H3,(H,82,83)(H,84,85)/t70-,71+,72+/m0/s1. The van der Waals surface area contributed by atoms with Crippen LogP contribution < -0.4 is 0 Å². The van der Waals surface area contributed by atoms with Gasteiger partial charge in [0.05, 0.1) is 26.4 Å². The van der Waals surface area contributed by atoms with Crippen molar-refractivity contribution in [2.45, 2.75) is 425 Å². The largest absolute Gasteiger partial charge is 0.472 e. The van der Waals surface area contributed by atoms with Gasteiger partial charge >= 0.3 is 39.5 Å². The number of aliphatic hydroxyl groups is 1. The Morgan fingerprint density at radius 1 is 0.253 bits per heavy atom. The van der Waals surface area contributed by atoms with Gasteiger partial charge in [-0.05, 0) is 25.7 Å². The molecule has 0 amide bonds. The van der Waals surface area contributed by atoms with E-state index in [-0.39, 0.29) is 25.7 Å². The second-order valence-electron chi connectivity index (χ2n) is 27.4. The highest BCUT2D eigenvalue weighted by Crippen LogP contribution is 2.45. The van der Waals surface area contributed by atoms with Gasteiger partial charge < -0.3 is 33.8 Å². The third-order valence-corrected chi connectivity index (χ3v) is 19.8. The van der Waals surface area contributed by atoms with Crippen molar-refractivity contribution in [3.63, 3.8) is 0 Å². The van der Waals surface area contributed by atoms with Crippen molar-refractivity contribution >= 4 is 39.5 Å². The Morgan fingerprint density at radius 2 is 0.421 bits per heavy atom. The number of phosphoric acid groups is 2. The van der Waals surface area contributed by atoms with Crippen LogP contribution in [0, 0.1) is 0 Å². The highest BCUT2D eigenvalue weighted by atomic mass is 31.2. The minimum absolute atomic E-state index is 0.108. The molecule has 0 aromatic heterocycles. The highest BCUT2D eigenvalue weighted by Gasteiger charge is 2.30. The Morgan fingerprint density at radius 3 is 0.621 bits per heavy atom. The summed E-state index contributed by atoms with van der Waals surface area (Å²) < 4.78 is 68.3. The maximum atomic E-state index is 13.1. The third kappa shape index (κ3) is 70.3. The minimum atomic E-state index is -4.95. The summed E-state index contributed by atoms with van der Waals surface area (Å²) in [5, 5.41) is 10.6. The zero-order valence-corrected chi connectivity index (χ0v) is 63.4. The van der Waals surface area contributed by atoms with Crippen LogP contribution in [0.4, 0.5) is 0 Å². The summed E-state index contributed by atoms with van der Waals surface area (Å²) in [5.41, 5.74) is 0. The molecule has 95 heavy (non-hydrogen) atoms. The molecule has 17 nitrogen and oxygen atoms in total. The summed E-state index contributed by atoms with van der Waals surface area (Å²) in [6, 6.07) is 0. The first-order chi connectivity index (χ1) is 46.2. The number of ether oxygens (including phenoxy) is 4. The lowest BCUT2D eigenvalue weighted by Gasteiger charge is -2.21. The minimum Gasteiger partial charge on any atom is -0.462 e. The smallest absolute Gasteiger partial charge is 0.462 e. The molecule has 2 unspecified atom stereocenters. The summed E-state index contributed by atoms with van der Waals surface area (Å²) in [6.45, 7) is 4.91. The Hall–Kier alpha value is -1.94. The lowest BCUT2D eigenvalue weighted by molar-refractivity contribution is -0.161. The first kappa shape index (κ1) is 93.1. The van der Waals surface area contributed by atoms with Gasteiger partial charge in [0.15, 0.2) is 12.2 Å². The van der Waals surface area contributed by atoms with Crippen LogP contribution in [0.15, 0.2) is 0 Å². The number of rotatable bonds is 77. The van der Waals surface area contributed by atoms with Gasteiger partial charge in [0, 0.05) is 25.7 Å². The van der Waals surface area contributed by atoms with Gasteiger partial charge in [0.2, 0.25) is 0 Å². The van der Waals surface area contributed by atoms with Crippen molar-refractivity contribution in [1.29, 1.82) is 0 Å². The van der Waals surface area contributed by atoms with Gasteiger partial charge in [-0.2, -0.15) is 0 Å². The van der Waals surface area contributed by atoms with Crippen LogP contribution in [-0.4, -0.2) is 96.7 Å². The zero-order valence-electron chi connectivity index (χ0n) is 61.6. The number of carbonyl (C=O) groups excluding carboxylic acids is 4. The molecule has 0 bridgehead atoms. The molecule has 0 aliphatic carbocycles. The lowest BCUT2D eigenvalue weighted by atomic mass is 10.0. The van der Waals surface area contributed by atoms with Gasteiger partial charge in [0.1, 0.15) is 19.3 Å². The zero-order chi connectivity index (χ0) is 69.7. The summed E-state index contributed by atoms with van der Waals surface area (Å²) in [6.07, 6.45) is 61.4. The summed E-state index contributed by atoms with van der Waals surface area (Å²) in [5.74, 6) is -2.12. The molecule has 0 aromatic carbocycles. The molecule has 0 saturated heterocycles. The van der Waals surface area contributed by atoms with E-state index in [1.807, 2.05) is 0 Å². The Labute approximate surface area is 581 Å². The van der Waals surface area contributed by atoms with Crippen molar-refractivity contribution in [2.24, 2.45) is 0 Å². The number of aliphatic hydroxyl groups excluding tert-OH is 1. The van der Waals surface area contributed by atoms with E-state index in [0.29, 0.717) is 25.7 Å². The Kier molecular flexibility index (Phi) is 69.1. The molecule has 564 valence electrons. The lowest BCUT2D eigenvalue weighted by Crippen LogP contribution is -2.30. The van der Waals surface area contributed by atoms with E-state index in [4.69, 9.17) is 37.0 Å². The topological polar surface area (TPSA) is 237 Å². The monoisotopic (exact) mass is 1400 g/mol. The molecule has 3 N–H and O–H groups in total. The molecule has 0 heterocycles. The Bertz CT molecular complexity index is 1810. The van der Waals surface area contributed by atoms with Crippen molar-refractivity contribution < 1.29 is 80.2 Å². The van der Waals surface area contributed by atoms with Crippen LogP contribution in [0.3, 0.4) is 0 Å². The summed E-state index contributed by atoms with van der Waals surface area (Å²) in [4.78, 5) is 72.5. The second kappa shape index (κ2) is 70.5. The van der Waals surface area contributed by atoms with E-state index < -0.39 is 97.5 Å². The molecule has 5 atom stereocenters. The SMILES string of the molecule is CCCCCCCCCCCCCCCCCCCCCC(=O)O[C@H](COC(=O)CCCCCCCCCCCCCCCCCC)COP(=O)(O)OC[C@@H](O)COP(=O)(O)OC[C@@H](COC(=O)CCCCCCC)OC(=O)CCCCCCCCCCCCCCCCC. The first-order valence-electron chi connectivity index (χ1n) is 39.8. The molecular formula is C76H148O17P2. The molecule has 0 spiro atoms. The summed E-state index contributed by atoms with van der Waals surface area (Å²) >= 11 is 0. The van der Waals surface area contributed by atoms with Crippen LogP contribution in [0.5, 0.6) is 0 Å². The molecule has 0 saturated carbocycles. The molecule has 0 aliphatic rings. The van der Waals surface area contributed by atoms with E-state index in [2.05, 4.69) is 27.7 Å². The van der Waals surface area contributed by atoms with E-state index in [1.54, 1.807) is 0 Å². The average Bonchev–Trinajstić information content (AvgIpc) is 2.22. The number of unbranched alkanes of at least 4 members (excludes halogenated alkanes) is 51. The van der Waals surface area contributed by atoms with Gasteiger partial charge in [-0.1, -0.05) is 355 Å². The maximum Gasteiger partial charge on any atom is 0.472 e. The van der Waals surface area contributed by atoms with Crippen LogP contribution in [-0.2, 0) is 65.4 Å². The second-order valence-corrected chi connectivity index (χ2v) is 30.3. The normalized spacial score (nSPS) is 13.9. The van der Waals surface area contributed by atoms with Crippen LogP contribution in [0.2, 0.25) is 0 Å². The number of phosphoric ester groups is 2. The molecule has 0 fully saturated rings.